The molecule has 0 aliphatic rings. The van der Waals surface area contributed by atoms with Crippen LogP contribution in [0.15, 0.2) is 18.3 Å². The van der Waals surface area contributed by atoms with Crippen molar-refractivity contribution in [3.05, 3.63) is 29.6 Å². The lowest BCUT2D eigenvalue weighted by Crippen LogP contribution is -1.82. The van der Waals surface area contributed by atoms with Gasteiger partial charge in [-0.1, -0.05) is 5.92 Å². The molecule has 1 aromatic heterocycles. The molecule has 0 amide bonds. The Balaban J connectivity index is 2.77. The maximum absolute atomic E-state index is 9.94. The zero-order chi connectivity index (χ0) is 8.81. The van der Waals surface area contributed by atoms with Crippen LogP contribution < -0.4 is 0 Å². The quantitative estimate of drug-likeness (QED) is 0.457. The van der Waals surface area contributed by atoms with Gasteiger partial charge in [0.25, 0.3) is 0 Å². The monoisotopic (exact) mass is 159 g/mol. The van der Waals surface area contributed by atoms with Gasteiger partial charge in [0.15, 0.2) is 0 Å². The minimum Gasteiger partial charge on any atom is -0.302 e. The van der Waals surface area contributed by atoms with Crippen LogP contribution >= 0.6 is 0 Å². The first-order chi connectivity index (χ1) is 5.83. The summed E-state index contributed by atoms with van der Waals surface area (Å²) in [5.74, 6) is 5.49. The van der Waals surface area contributed by atoms with E-state index in [0.717, 1.165) is 17.5 Å². The molecule has 12 heavy (non-hydrogen) atoms. The molecule has 60 valence electrons. The summed E-state index contributed by atoms with van der Waals surface area (Å²) in [5.41, 5.74) is 1.84. The van der Waals surface area contributed by atoms with Crippen molar-refractivity contribution in [2.24, 2.45) is 0 Å². The third-order valence-electron chi connectivity index (χ3n) is 1.32. The Labute approximate surface area is 71.6 Å². The molecule has 0 aliphatic heterocycles. The van der Waals surface area contributed by atoms with Crippen molar-refractivity contribution in [3.63, 3.8) is 0 Å². The number of carbonyl (C=O) groups is 1. The van der Waals surface area contributed by atoms with E-state index in [2.05, 4.69) is 16.8 Å². The third kappa shape index (κ3) is 2.55. The fourth-order valence-corrected chi connectivity index (χ4v) is 0.788. The molecular formula is C10H9NO. The number of aryl methyl sites for hydroxylation is 1. The Hall–Kier alpha value is -1.62. The van der Waals surface area contributed by atoms with E-state index in [1.54, 1.807) is 6.20 Å². The van der Waals surface area contributed by atoms with Crippen molar-refractivity contribution >= 4 is 6.29 Å². The Kier molecular flexibility index (Phi) is 3.04. The van der Waals surface area contributed by atoms with Crippen LogP contribution in [0.2, 0.25) is 0 Å². The highest BCUT2D eigenvalue weighted by Crippen LogP contribution is 1.97. The topological polar surface area (TPSA) is 30.0 Å². The van der Waals surface area contributed by atoms with Crippen LogP contribution in [0.5, 0.6) is 0 Å². The SMILES string of the molecule is Cc1ccnc(C#CCC=O)c1. The normalized spacial score (nSPS) is 8.42. The predicted molar refractivity (Wildman–Crippen MR) is 46.5 cm³/mol. The summed E-state index contributed by atoms with van der Waals surface area (Å²) < 4.78 is 0. The molecule has 0 unspecified atom stereocenters. The minimum absolute atomic E-state index is 0.273. The summed E-state index contributed by atoms with van der Waals surface area (Å²) in [7, 11) is 0. The standard InChI is InChI=1S/C10H9NO/c1-9-5-6-11-10(8-9)4-2-3-7-12/h5-8H,3H2,1H3. The summed E-state index contributed by atoms with van der Waals surface area (Å²) in [5, 5.41) is 0. The first kappa shape index (κ1) is 8.48. The number of pyridine rings is 1. The van der Waals surface area contributed by atoms with Crippen LogP contribution in [-0.2, 0) is 4.79 Å². The summed E-state index contributed by atoms with van der Waals surface area (Å²) in [6.45, 7) is 1.98. The van der Waals surface area contributed by atoms with Crippen LogP contribution in [0.4, 0.5) is 0 Å². The van der Waals surface area contributed by atoms with E-state index >= 15 is 0 Å². The fraction of sp³-hybridized carbons (Fsp3) is 0.200. The molecule has 0 aliphatic carbocycles. The third-order valence-corrected chi connectivity index (χ3v) is 1.32. The zero-order valence-corrected chi connectivity index (χ0v) is 6.87. The average Bonchev–Trinajstić information content (AvgIpc) is 2.05. The number of hydrogen-bond acceptors (Lipinski definition) is 2. The molecule has 0 spiro atoms. The van der Waals surface area contributed by atoms with Gasteiger partial charge in [-0.15, -0.1) is 0 Å². The van der Waals surface area contributed by atoms with Crippen molar-refractivity contribution in [1.82, 2.24) is 4.98 Å². The van der Waals surface area contributed by atoms with Crippen LogP contribution in [-0.4, -0.2) is 11.3 Å². The lowest BCUT2D eigenvalue weighted by molar-refractivity contribution is -0.107. The minimum atomic E-state index is 0.273. The van der Waals surface area contributed by atoms with E-state index in [1.165, 1.54) is 0 Å². The predicted octanol–water partition coefficient (Wildman–Crippen LogP) is 1.33. The van der Waals surface area contributed by atoms with Crippen LogP contribution in [0.25, 0.3) is 0 Å². The van der Waals surface area contributed by atoms with Gasteiger partial charge in [0.05, 0.1) is 6.42 Å². The van der Waals surface area contributed by atoms with E-state index in [9.17, 15) is 4.79 Å². The molecule has 1 rings (SSSR count). The molecule has 2 nitrogen and oxygen atoms in total. The number of hydrogen-bond donors (Lipinski definition) is 0. The molecule has 1 aromatic rings. The molecule has 0 bridgehead atoms. The average molecular weight is 159 g/mol. The summed E-state index contributed by atoms with van der Waals surface area (Å²) >= 11 is 0. The molecule has 0 aromatic carbocycles. The van der Waals surface area contributed by atoms with Crippen molar-refractivity contribution in [1.29, 1.82) is 0 Å². The molecule has 2 heteroatoms. The van der Waals surface area contributed by atoms with Gasteiger partial charge in [-0.2, -0.15) is 0 Å². The molecule has 1 heterocycles. The second-order valence-electron chi connectivity index (χ2n) is 2.39. The van der Waals surface area contributed by atoms with Gasteiger partial charge < -0.3 is 4.79 Å². The van der Waals surface area contributed by atoms with Crippen molar-refractivity contribution in [3.8, 4) is 11.8 Å². The Morgan fingerprint density at radius 3 is 3.17 bits per heavy atom. The lowest BCUT2D eigenvalue weighted by Gasteiger charge is -1.90. The largest absolute Gasteiger partial charge is 0.302 e. The summed E-state index contributed by atoms with van der Waals surface area (Å²) in [4.78, 5) is 14.0. The second kappa shape index (κ2) is 4.30. The Bertz CT molecular complexity index is 333. The highest BCUT2D eigenvalue weighted by molar-refractivity contribution is 5.54. The van der Waals surface area contributed by atoms with Gasteiger partial charge in [0, 0.05) is 6.20 Å². The van der Waals surface area contributed by atoms with E-state index in [-0.39, 0.29) is 6.42 Å². The van der Waals surface area contributed by atoms with E-state index in [0.29, 0.717) is 0 Å². The van der Waals surface area contributed by atoms with E-state index in [1.807, 2.05) is 19.1 Å². The van der Waals surface area contributed by atoms with Gasteiger partial charge in [-0.25, -0.2) is 4.98 Å². The fourth-order valence-electron chi connectivity index (χ4n) is 0.788. The number of carbonyl (C=O) groups excluding carboxylic acids is 1. The highest BCUT2D eigenvalue weighted by Gasteiger charge is 1.86. The highest BCUT2D eigenvalue weighted by atomic mass is 16.1. The molecule has 0 N–H and O–H groups in total. The van der Waals surface area contributed by atoms with Gasteiger partial charge in [-0.05, 0) is 30.5 Å². The molecule has 0 atom stereocenters. The molecule has 0 radical (unpaired) electrons. The van der Waals surface area contributed by atoms with Gasteiger partial charge in [0.2, 0.25) is 0 Å². The van der Waals surface area contributed by atoms with Crippen molar-refractivity contribution < 1.29 is 4.79 Å². The summed E-state index contributed by atoms with van der Waals surface area (Å²) in [6.07, 6.45) is 2.76. The lowest BCUT2D eigenvalue weighted by atomic mass is 10.2. The molecule has 0 saturated carbocycles. The number of nitrogens with zero attached hydrogens (tertiary/aromatic N) is 1. The first-order valence-corrected chi connectivity index (χ1v) is 3.68. The number of aromatic nitrogens is 1. The number of aldehydes is 1. The van der Waals surface area contributed by atoms with Crippen molar-refractivity contribution in [2.75, 3.05) is 0 Å². The van der Waals surface area contributed by atoms with Crippen LogP contribution in [0.3, 0.4) is 0 Å². The molecule has 0 saturated heterocycles. The van der Waals surface area contributed by atoms with E-state index in [4.69, 9.17) is 0 Å². The van der Waals surface area contributed by atoms with Crippen molar-refractivity contribution in [2.45, 2.75) is 13.3 Å². The smallest absolute Gasteiger partial charge is 0.131 e. The van der Waals surface area contributed by atoms with Gasteiger partial charge in [-0.3, -0.25) is 0 Å². The number of rotatable bonds is 1. The second-order valence-corrected chi connectivity index (χ2v) is 2.39. The van der Waals surface area contributed by atoms with Gasteiger partial charge >= 0.3 is 0 Å². The first-order valence-electron chi connectivity index (χ1n) is 3.68. The Morgan fingerprint density at radius 2 is 2.50 bits per heavy atom. The zero-order valence-electron chi connectivity index (χ0n) is 6.87. The maximum Gasteiger partial charge on any atom is 0.131 e. The maximum atomic E-state index is 9.94. The van der Waals surface area contributed by atoms with E-state index < -0.39 is 0 Å². The molecular weight excluding hydrogens is 150 g/mol. The molecule has 0 fully saturated rings. The van der Waals surface area contributed by atoms with Crippen LogP contribution in [0, 0.1) is 18.8 Å². The Morgan fingerprint density at radius 1 is 1.67 bits per heavy atom. The van der Waals surface area contributed by atoms with Crippen LogP contribution in [0.1, 0.15) is 17.7 Å². The van der Waals surface area contributed by atoms with Gasteiger partial charge in [0.1, 0.15) is 12.0 Å². The summed E-state index contributed by atoms with van der Waals surface area (Å²) in [6, 6.07) is 3.79.